The molecule has 110 valence electrons. The molecule has 1 aliphatic carbocycles. The molecule has 1 amide bonds. The van der Waals surface area contributed by atoms with Crippen LogP contribution in [0, 0.1) is 6.92 Å². The second kappa shape index (κ2) is 5.20. The minimum absolute atomic E-state index is 0.00840. The number of nitrogens with zero attached hydrogens (tertiary/aromatic N) is 2. The SMILES string of the molecule is Cc1cccc2nc(CCNC(=O)O)n(C3CC3)c(=O)c12. The molecule has 21 heavy (non-hydrogen) atoms. The van der Waals surface area contributed by atoms with Crippen LogP contribution in [-0.2, 0) is 6.42 Å². The van der Waals surface area contributed by atoms with Crippen molar-refractivity contribution in [3.8, 4) is 0 Å². The van der Waals surface area contributed by atoms with Crippen LogP contribution in [0.15, 0.2) is 23.0 Å². The maximum atomic E-state index is 12.7. The first-order valence-electron chi connectivity index (χ1n) is 7.05. The summed E-state index contributed by atoms with van der Waals surface area (Å²) in [6.45, 7) is 2.17. The standard InChI is InChI=1S/C15H17N3O3/c1-9-3-2-4-11-13(9)14(19)18(10-5-6-10)12(17-11)7-8-16-15(20)21/h2-4,10,16H,5-8H2,1H3,(H,20,21). The van der Waals surface area contributed by atoms with Gasteiger partial charge in [0.2, 0.25) is 0 Å². The Bertz CT molecular complexity index is 763. The average molecular weight is 287 g/mol. The third-order valence-electron chi connectivity index (χ3n) is 3.75. The summed E-state index contributed by atoms with van der Waals surface area (Å²) in [5, 5.41) is 11.6. The van der Waals surface area contributed by atoms with Crippen molar-refractivity contribution in [2.75, 3.05) is 6.54 Å². The first-order chi connectivity index (χ1) is 10.1. The molecule has 3 rings (SSSR count). The summed E-state index contributed by atoms with van der Waals surface area (Å²) in [7, 11) is 0. The van der Waals surface area contributed by atoms with E-state index in [9.17, 15) is 9.59 Å². The third-order valence-corrected chi connectivity index (χ3v) is 3.75. The Morgan fingerprint density at radius 2 is 2.24 bits per heavy atom. The van der Waals surface area contributed by atoms with Crippen LogP contribution >= 0.6 is 0 Å². The van der Waals surface area contributed by atoms with Gasteiger partial charge in [0.25, 0.3) is 5.56 Å². The van der Waals surface area contributed by atoms with E-state index in [1.165, 1.54) is 0 Å². The summed E-state index contributed by atoms with van der Waals surface area (Å²) in [4.78, 5) is 27.9. The molecule has 1 aliphatic rings. The molecule has 1 aromatic heterocycles. The van der Waals surface area contributed by atoms with Gasteiger partial charge in [-0.1, -0.05) is 12.1 Å². The molecule has 0 spiro atoms. The van der Waals surface area contributed by atoms with Crippen molar-refractivity contribution in [3.05, 3.63) is 39.9 Å². The Labute approximate surface area is 121 Å². The molecule has 0 unspecified atom stereocenters. The molecule has 6 heteroatoms. The lowest BCUT2D eigenvalue weighted by Crippen LogP contribution is -2.29. The number of rotatable bonds is 4. The number of aromatic nitrogens is 2. The molecule has 0 aliphatic heterocycles. The lowest BCUT2D eigenvalue weighted by Gasteiger charge is -2.13. The molecule has 1 fully saturated rings. The van der Waals surface area contributed by atoms with Crippen LogP contribution in [0.1, 0.15) is 30.3 Å². The van der Waals surface area contributed by atoms with Crippen molar-refractivity contribution >= 4 is 17.0 Å². The van der Waals surface area contributed by atoms with Gasteiger partial charge in [0, 0.05) is 19.0 Å². The third kappa shape index (κ3) is 2.61. The second-order valence-electron chi connectivity index (χ2n) is 5.39. The van der Waals surface area contributed by atoms with E-state index in [4.69, 9.17) is 5.11 Å². The maximum absolute atomic E-state index is 12.7. The van der Waals surface area contributed by atoms with Crippen molar-refractivity contribution in [1.29, 1.82) is 0 Å². The van der Waals surface area contributed by atoms with E-state index < -0.39 is 6.09 Å². The highest BCUT2D eigenvalue weighted by atomic mass is 16.4. The number of carboxylic acid groups (broad SMARTS) is 1. The van der Waals surface area contributed by atoms with Crippen molar-refractivity contribution in [1.82, 2.24) is 14.9 Å². The van der Waals surface area contributed by atoms with Gasteiger partial charge in [-0.05, 0) is 31.4 Å². The Hall–Kier alpha value is -2.37. The summed E-state index contributed by atoms with van der Waals surface area (Å²) in [5.74, 6) is 0.661. The van der Waals surface area contributed by atoms with Gasteiger partial charge in [-0.15, -0.1) is 0 Å². The number of nitrogens with one attached hydrogen (secondary N) is 1. The molecule has 1 aromatic carbocycles. The van der Waals surface area contributed by atoms with E-state index in [1.807, 2.05) is 25.1 Å². The summed E-state index contributed by atoms with van der Waals surface area (Å²) < 4.78 is 1.75. The molecule has 2 aromatic rings. The van der Waals surface area contributed by atoms with E-state index in [0.717, 1.165) is 18.4 Å². The zero-order valence-corrected chi connectivity index (χ0v) is 11.8. The second-order valence-corrected chi connectivity index (χ2v) is 5.39. The monoisotopic (exact) mass is 287 g/mol. The summed E-state index contributed by atoms with van der Waals surface area (Å²) in [6.07, 6.45) is 1.32. The van der Waals surface area contributed by atoms with Crippen LogP contribution in [-0.4, -0.2) is 27.3 Å². The van der Waals surface area contributed by atoms with Gasteiger partial charge in [-0.3, -0.25) is 9.36 Å². The van der Waals surface area contributed by atoms with E-state index in [-0.39, 0.29) is 18.1 Å². The Morgan fingerprint density at radius 3 is 2.90 bits per heavy atom. The highest BCUT2D eigenvalue weighted by Gasteiger charge is 2.28. The van der Waals surface area contributed by atoms with E-state index in [2.05, 4.69) is 10.3 Å². The Kier molecular flexibility index (Phi) is 3.37. The Balaban J connectivity index is 2.08. The lowest BCUT2D eigenvalue weighted by molar-refractivity contribution is 0.194. The van der Waals surface area contributed by atoms with E-state index >= 15 is 0 Å². The quantitative estimate of drug-likeness (QED) is 0.898. The molecule has 1 heterocycles. The maximum Gasteiger partial charge on any atom is 0.404 e. The van der Waals surface area contributed by atoms with Crippen LogP contribution in [0.5, 0.6) is 0 Å². The number of carbonyl (C=O) groups is 1. The van der Waals surface area contributed by atoms with Gasteiger partial charge in [0.1, 0.15) is 5.82 Å². The predicted octanol–water partition coefficient (Wildman–Crippen LogP) is 1.85. The predicted molar refractivity (Wildman–Crippen MR) is 78.7 cm³/mol. The number of hydrogen-bond donors (Lipinski definition) is 2. The summed E-state index contributed by atoms with van der Waals surface area (Å²) in [6, 6.07) is 5.84. The molecule has 6 nitrogen and oxygen atoms in total. The minimum atomic E-state index is -1.06. The van der Waals surface area contributed by atoms with Crippen molar-refractivity contribution in [3.63, 3.8) is 0 Å². The van der Waals surface area contributed by atoms with Crippen LogP contribution in [0.2, 0.25) is 0 Å². The van der Waals surface area contributed by atoms with E-state index in [0.29, 0.717) is 23.1 Å². The molecular formula is C15H17N3O3. The largest absolute Gasteiger partial charge is 0.465 e. The molecule has 0 atom stereocenters. The summed E-state index contributed by atoms with van der Waals surface area (Å²) in [5.41, 5.74) is 1.60. The summed E-state index contributed by atoms with van der Waals surface area (Å²) >= 11 is 0. The number of benzene rings is 1. The van der Waals surface area contributed by atoms with Gasteiger partial charge in [0.15, 0.2) is 0 Å². The molecule has 1 saturated carbocycles. The smallest absolute Gasteiger partial charge is 0.404 e. The minimum Gasteiger partial charge on any atom is -0.465 e. The molecule has 2 N–H and O–H groups in total. The van der Waals surface area contributed by atoms with Crippen LogP contribution in [0.4, 0.5) is 4.79 Å². The Morgan fingerprint density at radius 1 is 1.48 bits per heavy atom. The van der Waals surface area contributed by atoms with Crippen molar-refractivity contribution in [2.24, 2.45) is 0 Å². The van der Waals surface area contributed by atoms with Crippen LogP contribution in [0.25, 0.3) is 10.9 Å². The number of fused-ring (bicyclic) bond motifs is 1. The zero-order chi connectivity index (χ0) is 15.0. The first kappa shape index (κ1) is 13.6. The average Bonchev–Trinajstić information content (AvgIpc) is 3.22. The van der Waals surface area contributed by atoms with Crippen LogP contribution in [0.3, 0.4) is 0 Å². The molecule has 0 saturated heterocycles. The molecule has 0 radical (unpaired) electrons. The van der Waals surface area contributed by atoms with Crippen molar-refractivity contribution in [2.45, 2.75) is 32.2 Å². The van der Waals surface area contributed by atoms with Gasteiger partial charge < -0.3 is 10.4 Å². The number of amides is 1. The fourth-order valence-corrected chi connectivity index (χ4v) is 2.62. The van der Waals surface area contributed by atoms with Gasteiger partial charge in [0.05, 0.1) is 10.9 Å². The lowest BCUT2D eigenvalue weighted by atomic mass is 10.1. The van der Waals surface area contributed by atoms with Crippen molar-refractivity contribution < 1.29 is 9.90 Å². The molecular weight excluding hydrogens is 270 g/mol. The molecule has 0 bridgehead atoms. The number of aryl methyl sites for hydroxylation is 1. The van der Waals surface area contributed by atoms with Gasteiger partial charge in [-0.2, -0.15) is 0 Å². The topological polar surface area (TPSA) is 84.2 Å². The fourth-order valence-electron chi connectivity index (χ4n) is 2.62. The normalized spacial score (nSPS) is 14.3. The fraction of sp³-hybridized carbons (Fsp3) is 0.400. The van der Waals surface area contributed by atoms with E-state index in [1.54, 1.807) is 4.57 Å². The highest BCUT2D eigenvalue weighted by Crippen LogP contribution is 2.34. The van der Waals surface area contributed by atoms with Crippen LogP contribution < -0.4 is 10.9 Å². The van der Waals surface area contributed by atoms with Gasteiger partial charge >= 0.3 is 6.09 Å². The zero-order valence-electron chi connectivity index (χ0n) is 11.8. The van der Waals surface area contributed by atoms with Gasteiger partial charge in [-0.25, -0.2) is 9.78 Å². The number of hydrogen-bond acceptors (Lipinski definition) is 3. The highest BCUT2D eigenvalue weighted by molar-refractivity contribution is 5.81. The first-order valence-corrected chi connectivity index (χ1v) is 7.05.